The summed E-state index contributed by atoms with van der Waals surface area (Å²) in [6.45, 7) is 0.438. The van der Waals surface area contributed by atoms with Crippen LogP contribution in [0.2, 0.25) is 0 Å². The van der Waals surface area contributed by atoms with E-state index in [2.05, 4.69) is 4.98 Å². The molecule has 0 aliphatic rings. The molecule has 3 aromatic carbocycles. The Balaban J connectivity index is 1.98. The molecule has 0 saturated carbocycles. The fourth-order valence-electron chi connectivity index (χ4n) is 3.06. The number of imidazole rings is 1. The second kappa shape index (κ2) is 6.59. The van der Waals surface area contributed by atoms with Crippen molar-refractivity contribution in [3.05, 3.63) is 83.9 Å². The normalized spacial score (nSPS) is 11.0. The van der Waals surface area contributed by atoms with Crippen LogP contribution < -0.4 is 4.74 Å². The molecule has 1 heterocycles. The van der Waals surface area contributed by atoms with Crippen LogP contribution in [0.1, 0.15) is 5.56 Å². The summed E-state index contributed by atoms with van der Waals surface area (Å²) < 4.78 is 35.9. The van der Waals surface area contributed by atoms with Gasteiger partial charge in [-0.1, -0.05) is 36.4 Å². The Bertz CT molecular complexity index is 1050. The summed E-state index contributed by atoms with van der Waals surface area (Å²) >= 11 is 0. The predicted octanol–water partition coefficient (Wildman–Crippen LogP) is 5.04. The third-order valence-corrected chi connectivity index (χ3v) is 4.33. The molecule has 5 heteroatoms. The average molecular weight is 350 g/mol. The van der Waals surface area contributed by atoms with Crippen molar-refractivity contribution < 1.29 is 13.5 Å². The molecular weight excluding hydrogens is 334 g/mol. The highest BCUT2D eigenvalue weighted by molar-refractivity contribution is 5.82. The lowest BCUT2D eigenvalue weighted by Crippen LogP contribution is -2.04. The first-order valence-electron chi connectivity index (χ1n) is 8.20. The fourth-order valence-corrected chi connectivity index (χ4v) is 3.06. The molecule has 0 aliphatic carbocycles. The van der Waals surface area contributed by atoms with Gasteiger partial charge in [-0.3, -0.25) is 0 Å². The van der Waals surface area contributed by atoms with Gasteiger partial charge in [-0.05, 0) is 29.8 Å². The molecule has 1 aromatic heterocycles. The van der Waals surface area contributed by atoms with Crippen molar-refractivity contribution in [2.75, 3.05) is 7.11 Å². The Kier molecular flexibility index (Phi) is 4.13. The number of rotatable bonds is 4. The number of benzene rings is 3. The summed E-state index contributed by atoms with van der Waals surface area (Å²) in [5.74, 6) is -0.358. The average Bonchev–Trinajstić information content (AvgIpc) is 3.00. The smallest absolute Gasteiger partial charge is 0.147 e. The summed E-state index contributed by atoms with van der Waals surface area (Å²) in [7, 11) is 1.58. The Hall–Kier alpha value is -3.21. The van der Waals surface area contributed by atoms with E-state index in [4.69, 9.17) is 4.74 Å². The molecule has 0 saturated heterocycles. The SMILES string of the molecule is COc1ccc2nc(-c3c(F)cccc3F)n(Cc3ccccc3)c2c1. The zero-order chi connectivity index (χ0) is 18.1. The summed E-state index contributed by atoms with van der Waals surface area (Å²) in [4.78, 5) is 4.50. The number of hydrogen-bond acceptors (Lipinski definition) is 2. The van der Waals surface area contributed by atoms with E-state index in [9.17, 15) is 8.78 Å². The van der Waals surface area contributed by atoms with E-state index in [0.29, 0.717) is 17.8 Å². The molecule has 0 bridgehead atoms. The molecule has 0 amide bonds. The van der Waals surface area contributed by atoms with Crippen LogP contribution in [-0.4, -0.2) is 16.7 Å². The Morgan fingerprint density at radius 1 is 0.923 bits per heavy atom. The van der Waals surface area contributed by atoms with Crippen LogP contribution in [0.15, 0.2) is 66.7 Å². The molecule has 0 N–H and O–H groups in total. The van der Waals surface area contributed by atoms with E-state index in [-0.39, 0.29) is 11.4 Å². The molecule has 26 heavy (non-hydrogen) atoms. The summed E-state index contributed by atoms with van der Waals surface area (Å²) in [5, 5.41) is 0. The number of halogens is 2. The predicted molar refractivity (Wildman–Crippen MR) is 97.2 cm³/mol. The van der Waals surface area contributed by atoms with E-state index in [1.54, 1.807) is 19.2 Å². The highest BCUT2D eigenvalue weighted by Gasteiger charge is 2.20. The molecule has 4 aromatic rings. The number of aromatic nitrogens is 2. The lowest BCUT2D eigenvalue weighted by molar-refractivity contribution is 0.415. The van der Waals surface area contributed by atoms with Crippen molar-refractivity contribution in [1.82, 2.24) is 9.55 Å². The molecular formula is C21H16F2N2O. The van der Waals surface area contributed by atoms with Crippen LogP contribution in [0.4, 0.5) is 8.78 Å². The van der Waals surface area contributed by atoms with Gasteiger partial charge >= 0.3 is 0 Å². The van der Waals surface area contributed by atoms with Crippen molar-refractivity contribution in [1.29, 1.82) is 0 Å². The first-order chi connectivity index (χ1) is 12.7. The Morgan fingerprint density at radius 3 is 2.35 bits per heavy atom. The molecule has 0 unspecified atom stereocenters. The van der Waals surface area contributed by atoms with Crippen molar-refractivity contribution >= 4 is 11.0 Å². The summed E-state index contributed by atoms with van der Waals surface area (Å²) in [6.07, 6.45) is 0. The Labute approximate surface area is 149 Å². The van der Waals surface area contributed by atoms with Crippen LogP contribution in [-0.2, 0) is 6.54 Å². The van der Waals surface area contributed by atoms with Crippen molar-refractivity contribution in [2.24, 2.45) is 0 Å². The van der Waals surface area contributed by atoms with Gasteiger partial charge in [0, 0.05) is 12.6 Å². The highest BCUT2D eigenvalue weighted by Crippen LogP contribution is 2.31. The minimum Gasteiger partial charge on any atom is -0.497 e. The molecule has 0 atom stereocenters. The third-order valence-electron chi connectivity index (χ3n) is 4.33. The number of fused-ring (bicyclic) bond motifs is 1. The molecule has 0 aliphatic heterocycles. The van der Waals surface area contributed by atoms with E-state index in [1.807, 2.05) is 41.0 Å². The van der Waals surface area contributed by atoms with Gasteiger partial charge in [0.2, 0.25) is 0 Å². The van der Waals surface area contributed by atoms with Crippen LogP contribution in [0, 0.1) is 11.6 Å². The zero-order valence-corrected chi connectivity index (χ0v) is 14.1. The standard InChI is InChI=1S/C21H16F2N2O/c1-26-15-10-11-18-19(12-15)25(13-14-6-3-2-4-7-14)21(24-18)20-16(22)8-5-9-17(20)23/h2-12H,13H2,1H3. The fraction of sp³-hybridized carbons (Fsp3) is 0.0952. The topological polar surface area (TPSA) is 27.1 Å². The molecule has 0 fully saturated rings. The van der Waals surface area contributed by atoms with Gasteiger partial charge in [0.15, 0.2) is 0 Å². The maximum atomic E-state index is 14.4. The number of hydrogen-bond donors (Lipinski definition) is 0. The Morgan fingerprint density at radius 2 is 1.65 bits per heavy atom. The van der Waals surface area contributed by atoms with E-state index in [1.165, 1.54) is 18.2 Å². The number of methoxy groups -OCH3 is 1. The second-order valence-electron chi connectivity index (χ2n) is 5.96. The third kappa shape index (κ3) is 2.81. The largest absolute Gasteiger partial charge is 0.497 e. The van der Waals surface area contributed by atoms with Gasteiger partial charge in [0.05, 0.1) is 23.7 Å². The van der Waals surface area contributed by atoms with Crippen molar-refractivity contribution in [2.45, 2.75) is 6.54 Å². The van der Waals surface area contributed by atoms with E-state index >= 15 is 0 Å². The molecule has 130 valence electrons. The van der Waals surface area contributed by atoms with Gasteiger partial charge in [-0.2, -0.15) is 0 Å². The van der Waals surface area contributed by atoms with E-state index < -0.39 is 11.6 Å². The summed E-state index contributed by atoms with van der Waals surface area (Å²) in [6, 6.07) is 18.9. The number of nitrogens with zero attached hydrogens (tertiary/aromatic N) is 2. The van der Waals surface area contributed by atoms with Crippen LogP contribution in [0.3, 0.4) is 0 Å². The van der Waals surface area contributed by atoms with Gasteiger partial charge in [-0.25, -0.2) is 13.8 Å². The minimum absolute atomic E-state index is 0.126. The quantitative estimate of drug-likeness (QED) is 0.516. The zero-order valence-electron chi connectivity index (χ0n) is 14.1. The first-order valence-corrected chi connectivity index (χ1v) is 8.20. The molecule has 4 rings (SSSR count). The summed E-state index contributed by atoms with van der Waals surface area (Å²) in [5.41, 5.74) is 2.29. The monoisotopic (exact) mass is 350 g/mol. The van der Waals surface area contributed by atoms with Gasteiger partial charge in [0.25, 0.3) is 0 Å². The lowest BCUT2D eigenvalue weighted by Gasteiger charge is -2.11. The van der Waals surface area contributed by atoms with Crippen LogP contribution >= 0.6 is 0 Å². The highest BCUT2D eigenvalue weighted by atomic mass is 19.1. The molecule has 0 spiro atoms. The first kappa shape index (κ1) is 16.3. The van der Waals surface area contributed by atoms with E-state index in [0.717, 1.165) is 11.1 Å². The van der Waals surface area contributed by atoms with Crippen molar-refractivity contribution in [3.63, 3.8) is 0 Å². The van der Waals surface area contributed by atoms with Gasteiger partial charge < -0.3 is 9.30 Å². The van der Waals surface area contributed by atoms with Crippen LogP contribution in [0.25, 0.3) is 22.4 Å². The van der Waals surface area contributed by atoms with Crippen molar-refractivity contribution in [3.8, 4) is 17.1 Å². The van der Waals surface area contributed by atoms with Crippen LogP contribution in [0.5, 0.6) is 5.75 Å². The minimum atomic E-state index is -0.637. The molecule has 0 radical (unpaired) electrons. The van der Waals surface area contributed by atoms with Gasteiger partial charge in [-0.15, -0.1) is 0 Å². The second-order valence-corrected chi connectivity index (χ2v) is 5.96. The number of ether oxygens (including phenoxy) is 1. The maximum absolute atomic E-state index is 14.4. The van der Waals surface area contributed by atoms with Gasteiger partial charge in [0.1, 0.15) is 23.2 Å². The maximum Gasteiger partial charge on any atom is 0.147 e. The molecule has 3 nitrogen and oxygen atoms in total. The lowest BCUT2D eigenvalue weighted by atomic mass is 10.1.